The van der Waals surface area contributed by atoms with E-state index in [9.17, 15) is 4.39 Å². The fourth-order valence-electron chi connectivity index (χ4n) is 1.38. The summed E-state index contributed by atoms with van der Waals surface area (Å²) in [6.07, 6.45) is 1.56. The minimum Gasteiger partial charge on any atom is -0.467 e. The maximum atomic E-state index is 12.9. The molecule has 1 aromatic heterocycles. The van der Waals surface area contributed by atoms with E-state index >= 15 is 0 Å². The lowest BCUT2D eigenvalue weighted by molar-refractivity contribution is 0.489. The second-order valence-corrected chi connectivity index (χ2v) is 4.01. The number of hydrogen-bond donors (Lipinski definition) is 1. The van der Waals surface area contributed by atoms with Gasteiger partial charge < -0.3 is 10.2 Å². The van der Waals surface area contributed by atoms with Gasteiger partial charge in [0.05, 0.1) is 12.3 Å². The Morgan fingerprint density at radius 2 is 2.13 bits per heavy atom. The van der Waals surface area contributed by atoms with Gasteiger partial charge in [-0.05, 0) is 29.8 Å². The van der Waals surface area contributed by atoms with E-state index in [0.717, 1.165) is 5.56 Å². The molecule has 2 nitrogen and oxygen atoms in total. The van der Waals surface area contributed by atoms with E-state index in [1.807, 2.05) is 0 Å². The van der Waals surface area contributed by atoms with Gasteiger partial charge in [-0.3, -0.25) is 0 Å². The van der Waals surface area contributed by atoms with Gasteiger partial charge in [-0.2, -0.15) is 0 Å². The Morgan fingerprint density at radius 3 is 2.73 bits per heavy atom. The standard InChI is InChI=1S/C11H9BrFNO/c12-9-6-7(13)3-4-8(9)11(14)10-2-1-5-15-10/h1-6,11H,14H2. The Hall–Kier alpha value is -1.13. The summed E-state index contributed by atoms with van der Waals surface area (Å²) >= 11 is 3.27. The lowest BCUT2D eigenvalue weighted by Gasteiger charge is -2.11. The highest BCUT2D eigenvalue weighted by atomic mass is 79.9. The third-order valence-corrected chi connectivity index (χ3v) is 2.83. The van der Waals surface area contributed by atoms with Crippen LogP contribution in [0, 0.1) is 5.82 Å². The Morgan fingerprint density at radius 1 is 1.33 bits per heavy atom. The first kappa shape index (κ1) is 10.4. The second-order valence-electron chi connectivity index (χ2n) is 3.16. The van der Waals surface area contributed by atoms with Crippen molar-refractivity contribution in [1.82, 2.24) is 0 Å². The molecule has 15 heavy (non-hydrogen) atoms. The van der Waals surface area contributed by atoms with Gasteiger partial charge in [-0.1, -0.05) is 22.0 Å². The maximum absolute atomic E-state index is 12.9. The van der Waals surface area contributed by atoms with E-state index in [2.05, 4.69) is 15.9 Å². The van der Waals surface area contributed by atoms with Gasteiger partial charge >= 0.3 is 0 Å². The molecule has 0 radical (unpaired) electrons. The molecule has 0 bridgehead atoms. The molecule has 1 atom stereocenters. The van der Waals surface area contributed by atoms with Crippen molar-refractivity contribution < 1.29 is 8.81 Å². The highest BCUT2D eigenvalue weighted by molar-refractivity contribution is 9.10. The molecule has 2 aromatic rings. The van der Waals surface area contributed by atoms with Gasteiger partial charge in [0, 0.05) is 4.47 Å². The molecule has 0 aliphatic rings. The predicted octanol–water partition coefficient (Wildman–Crippen LogP) is 3.23. The summed E-state index contributed by atoms with van der Waals surface area (Å²) in [7, 11) is 0. The lowest BCUT2D eigenvalue weighted by atomic mass is 10.1. The second kappa shape index (κ2) is 4.16. The van der Waals surface area contributed by atoms with Crippen LogP contribution >= 0.6 is 15.9 Å². The minimum absolute atomic E-state index is 0.294. The summed E-state index contributed by atoms with van der Waals surface area (Å²) in [5, 5.41) is 0. The first-order valence-electron chi connectivity index (χ1n) is 4.42. The first-order chi connectivity index (χ1) is 7.18. The van der Waals surface area contributed by atoms with Crippen molar-refractivity contribution in [3.8, 4) is 0 Å². The largest absolute Gasteiger partial charge is 0.467 e. The SMILES string of the molecule is NC(c1ccco1)c1ccc(F)cc1Br. The number of nitrogens with two attached hydrogens (primary N) is 1. The van der Waals surface area contributed by atoms with Crippen molar-refractivity contribution >= 4 is 15.9 Å². The van der Waals surface area contributed by atoms with Crippen LogP contribution in [-0.4, -0.2) is 0 Å². The Labute approximate surface area is 95.0 Å². The predicted molar refractivity (Wildman–Crippen MR) is 58.8 cm³/mol. The van der Waals surface area contributed by atoms with Crippen molar-refractivity contribution in [1.29, 1.82) is 0 Å². The summed E-state index contributed by atoms with van der Waals surface area (Å²) in [6.45, 7) is 0. The van der Waals surface area contributed by atoms with Crippen molar-refractivity contribution in [3.63, 3.8) is 0 Å². The average Bonchev–Trinajstić information content (AvgIpc) is 2.69. The first-order valence-corrected chi connectivity index (χ1v) is 5.21. The van der Waals surface area contributed by atoms with Crippen LogP contribution < -0.4 is 5.73 Å². The summed E-state index contributed by atoms with van der Waals surface area (Å²) < 4.78 is 18.7. The molecule has 4 heteroatoms. The third kappa shape index (κ3) is 2.11. The van der Waals surface area contributed by atoms with Crippen LogP contribution in [-0.2, 0) is 0 Å². The number of halogens is 2. The molecule has 1 aromatic carbocycles. The van der Waals surface area contributed by atoms with Gasteiger partial charge in [0.1, 0.15) is 11.6 Å². The Kier molecular flexibility index (Phi) is 2.88. The molecule has 0 aliphatic carbocycles. The van der Waals surface area contributed by atoms with Crippen LogP contribution in [0.25, 0.3) is 0 Å². The lowest BCUT2D eigenvalue weighted by Crippen LogP contribution is -2.11. The van der Waals surface area contributed by atoms with Gasteiger partial charge in [-0.25, -0.2) is 4.39 Å². The zero-order valence-corrected chi connectivity index (χ0v) is 9.37. The summed E-state index contributed by atoms with van der Waals surface area (Å²) in [6, 6.07) is 7.59. The summed E-state index contributed by atoms with van der Waals surface area (Å²) in [4.78, 5) is 0. The topological polar surface area (TPSA) is 39.2 Å². The molecule has 0 saturated carbocycles. The molecule has 1 unspecified atom stereocenters. The zero-order chi connectivity index (χ0) is 10.8. The average molecular weight is 270 g/mol. The molecule has 0 fully saturated rings. The molecule has 78 valence electrons. The highest BCUT2D eigenvalue weighted by Gasteiger charge is 2.14. The number of hydrogen-bond acceptors (Lipinski definition) is 2. The van der Waals surface area contributed by atoms with E-state index in [1.165, 1.54) is 12.1 Å². The van der Waals surface area contributed by atoms with Crippen LogP contribution in [0.5, 0.6) is 0 Å². The Bertz CT molecular complexity index is 456. The van der Waals surface area contributed by atoms with E-state index in [4.69, 9.17) is 10.2 Å². The highest BCUT2D eigenvalue weighted by Crippen LogP contribution is 2.27. The monoisotopic (exact) mass is 269 g/mol. The fraction of sp³-hybridized carbons (Fsp3) is 0.0909. The van der Waals surface area contributed by atoms with Crippen molar-refractivity contribution in [2.24, 2.45) is 5.73 Å². The maximum Gasteiger partial charge on any atom is 0.125 e. The van der Waals surface area contributed by atoms with Gasteiger partial charge in [0.15, 0.2) is 0 Å². The van der Waals surface area contributed by atoms with E-state index in [-0.39, 0.29) is 11.9 Å². The summed E-state index contributed by atoms with van der Waals surface area (Å²) in [5.74, 6) is 0.361. The van der Waals surface area contributed by atoms with Gasteiger partial charge in [-0.15, -0.1) is 0 Å². The molecule has 0 saturated heterocycles. The van der Waals surface area contributed by atoms with E-state index in [0.29, 0.717) is 10.2 Å². The van der Waals surface area contributed by atoms with Crippen molar-refractivity contribution in [2.45, 2.75) is 6.04 Å². The normalized spacial score (nSPS) is 12.7. The zero-order valence-electron chi connectivity index (χ0n) is 7.78. The van der Waals surface area contributed by atoms with E-state index in [1.54, 1.807) is 24.5 Å². The van der Waals surface area contributed by atoms with Gasteiger partial charge in [0.25, 0.3) is 0 Å². The molecular weight excluding hydrogens is 261 g/mol. The molecule has 1 heterocycles. The van der Waals surface area contributed by atoms with Crippen LogP contribution in [0.3, 0.4) is 0 Å². The molecule has 0 aliphatic heterocycles. The molecular formula is C11H9BrFNO. The molecule has 0 amide bonds. The van der Waals surface area contributed by atoms with Crippen LogP contribution in [0.15, 0.2) is 45.5 Å². The van der Waals surface area contributed by atoms with Crippen LogP contribution in [0.4, 0.5) is 4.39 Å². The molecule has 2 rings (SSSR count). The van der Waals surface area contributed by atoms with Crippen LogP contribution in [0.1, 0.15) is 17.4 Å². The summed E-state index contributed by atoms with van der Waals surface area (Å²) in [5.41, 5.74) is 6.76. The number of furan rings is 1. The van der Waals surface area contributed by atoms with Crippen molar-refractivity contribution in [2.75, 3.05) is 0 Å². The quantitative estimate of drug-likeness (QED) is 0.909. The van der Waals surface area contributed by atoms with E-state index < -0.39 is 0 Å². The number of benzene rings is 1. The fourth-order valence-corrected chi connectivity index (χ4v) is 1.97. The van der Waals surface area contributed by atoms with Crippen LogP contribution in [0.2, 0.25) is 0 Å². The minimum atomic E-state index is -0.380. The Balaban J connectivity index is 2.38. The van der Waals surface area contributed by atoms with Crippen molar-refractivity contribution in [3.05, 3.63) is 58.2 Å². The molecule has 2 N–H and O–H groups in total. The third-order valence-electron chi connectivity index (χ3n) is 2.15. The molecule has 0 spiro atoms. The smallest absolute Gasteiger partial charge is 0.125 e. The van der Waals surface area contributed by atoms with Gasteiger partial charge in [0.2, 0.25) is 0 Å². The number of rotatable bonds is 2.